The molecule has 1 aliphatic heterocycles. The van der Waals surface area contributed by atoms with Crippen LogP contribution in [0.1, 0.15) is 77.1 Å². The molecule has 1 amide bonds. The summed E-state index contributed by atoms with van der Waals surface area (Å²) in [6, 6.07) is 41.2. The number of aryl methyl sites for hydroxylation is 2. The molecule has 6 nitrogen and oxygen atoms in total. The van der Waals surface area contributed by atoms with Crippen molar-refractivity contribution >= 4 is 23.5 Å². The number of carbonyl (C=O) groups is 2. The average molecular weight is 668 g/mol. The van der Waals surface area contributed by atoms with Gasteiger partial charge in [-0.05, 0) is 84.1 Å². The summed E-state index contributed by atoms with van der Waals surface area (Å²) in [6.45, 7) is 4.04. The minimum absolute atomic E-state index is 0.139. The molecule has 0 bridgehead atoms. The molecule has 4 N–H and O–H groups in total. The predicted molar refractivity (Wildman–Crippen MR) is 192 cm³/mol. The Bertz CT molecular complexity index is 2060. The highest BCUT2D eigenvalue weighted by atomic mass is 35.5. The number of aromatic carboxylic acids is 1. The maximum absolute atomic E-state index is 12.0. The first-order valence-corrected chi connectivity index (χ1v) is 16.1. The Morgan fingerprint density at radius 1 is 0.673 bits per heavy atom. The summed E-state index contributed by atoms with van der Waals surface area (Å²) in [5, 5.41) is 19.7. The van der Waals surface area contributed by atoms with Gasteiger partial charge in [0.15, 0.2) is 0 Å². The summed E-state index contributed by atoms with van der Waals surface area (Å²) < 4.78 is 6.09. The second kappa shape index (κ2) is 14.1. The van der Waals surface area contributed by atoms with Crippen LogP contribution in [0, 0.1) is 13.8 Å². The smallest absolute Gasteiger partial charge is 0.335 e. The van der Waals surface area contributed by atoms with Gasteiger partial charge < -0.3 is 20.7 Å². The Labute approximate surface area is 290 Å². The maximum atomic E-state index is 12.0. The fourth-order valence-electron chi connectivity index (χ4n) is 6.32. The number of aromatic hydroxyl groups is 1. The molecular formula is C42H34ClNO5. The lowest BCUT2D eigenvalue weighted by atomic mass is 9.80. The van der Waals surface area contributed by atoms with Crippen molar-refractivity contribution in [3.63, 3.8) is 0 Å². The van der Waals surface area contributed by atoms with Crippen LogP contribution in [0.3, 0.4) is 0 Å². The van der Waals surface area contributed by atoms with E-state index in [0.29, 0.717) is 16.3 Å². The van der Waals surface area contributed by atoms with Crippen molar-refractivity contribution in [2.75, 3.05) is 0 Å². The molecule has 0 saturated heterocycles. The number of carboxylic acid groups (broad SMARTS) is 1. The molecule has 244 valence electrons. The first-order chi connectivity index (χ1) is 23.6. The van der Waals surface area contributed by atoms with Gasteiger partial charge in [0.25, 0.3) is 0 Å². The van der Waals surface area contributed by atoms with Crippen molar-refractivity contribution in [1.82, 2.24) is 0 Å². The third-order valence-electron chi connectivity index (χ3n) is 8.66. The van der Waals surface area contributed by atoms with E-state index in [1.807, 2.05) is 117 Å². The van der Waals surface area contributed by atoms with Crippen LogP contribution in [0.5, 0.6) is 17.2 Å². The molecule has 6 aromatic carbocycles. The minimum Gasteiger partial charge on any atom is -0.508 e. The monoisotopic (exact) mass is 667 g/mol. The Morgan fingerprint density at radius 2 is 1.22 bits per heavy atom. The molecule has 0 radical (unpaired) electrons. The number of benzene rings is 6. The fraction of sp³-hybridized carbons (Fsp3) is 0.0952. The summed E-state index contributed by atoms with van der Waals surface area (Å²) in [4.78, 5) is 23.6. The molecule has 49 heavy (non-hydrogen) atoms. The van der Waals surface area contributed by atoms with E-state index in [1.165, 1.54) is 0 Å². The molecule has 0 fully saturated rings. The van der Waals surface area contributed by atoms with Crippen molar-refractivity contribution in [3.8, 4) is 17.2 Å². The van der Waals surface area contributed by atoms with Crippen molar-refractivity contribution in [2.24, 2.45) is 5.73 Å². The predicted octanol–water partition coefficient (Wildman–Crippen LogP) is 9.61. The molecule has 0 saturated carbocycles. The van der Waals surface area contributed by atoms with Crippen LogP contribution < -0.4 is 10.5 Å². The lowest BCUT2D eigenvalue weighted by Crippen LogP contribution is -2.18. The van der Waals surface area contributed by atoms with E-state index in [0.717, 1.165) is 50.3 Å². The molecule has 7 rings (SSSR count). The first kappa shape index (κ1) is 33.1. The maximum Gasteiger partial charge on any atom is 0.335 e. The van der Waals surface area contributed by atoms with E-state index in [1.54, 1.807) is 30.3 Å². The third kappa shape index (κ3) is 7.05. The van der Waals surface area contributed by atoms with E-state index >= 15 is 0 Å². The van der Waals surface area contributed by atoms with Crippen LogP contribution in [0.15, 0.2) is 133 Å². The van der Waals surface area contributed by atoms with Gasteiger partial charge in [-0.25, -0.2) is 4.79 Å². The number of amides is 1. The molecule has 7 heteroatoms. The minimum atomic E-state index is -0.943. The van der Waals surface area contributed by atoms with Gasteiger partial charge in [-0.3, -0.25) is 4.79 Å². The quantitative estimate of drug-likeness (QED) is 0.153. The highest BCUT2D eigenvalue weighted by molar-refractivity contribution is 6.30. The Hall–Kier alpha value is -5.85. The number of carboxylic acids is 1. The Morgan fingerprint density at radius 3 is 1.88 bits per heavy atom. The Kier molecular flexibility index (Phi) is 9.51. The number of halogens is 1. The number of phenols is 1. The average Bonchev–Trinajstić information content (AvgIpc) is 3.09. The van der Waals surface area contributed by atoms with E-state index < -0.39 is 11.9 Å². The van der Waals surface area contributed by atoms with Crippen molar-refractivity contribution in [2.45, 2.75) is 25.7 Å². The molecule has 0 aliphatic carbocycles. The summed E-state index contributed by atoms with van der Waals surface area (Å²) in [5.74, 6) is -0.0617. The second-order valence-corrected chi connectivity index (χ2v) is 12.5. The van der Waals surface area contributed by atoms with Crippen LogP contribution in [0.25, 0.3) is 0 Å². The Balaban J connectivity index is 0.000000170. The number of ether oxygens (including phenoxy) is 1. The number of phenolic OH excluding ortho intramolecular Hbond substituents is 1. The fourth-order valence-corrected chi connectivity index (χ4v) is 6.48. The van der Waals surface area contributed by atoms with Crippen LogP contribution in [-0.2, 0) is 0 Å². The number of primary amides is 1. The first-order valence-electron chi connectivity index (χ1n) is 15.7. The van der Waals surface area contributed by atoms with Crippen LogP contribution in [0.4, 0.5) is 0 Å². The highest BCUT2D eigenvalue weighted by Crippen LogP contribution is 2.48. The van der Waals surface area contributed by atoms with Gasteiger partial charge in [0.05, 0.1) is 5.56 Å². The molecule has 2 unspecified atom stereocenters. The topological polar surface area (TPSA) is 110 Å². The van der Waals surface area contributed by atoms with Crippen molar-refractivity contribution in [3.05, 3.63) is 194 Å². The zero-order valence-electron chi connectivity index (χ0n) is 26.9. The summed E-state index contributed by atoms with van der Waals surface area (Å²) in [5.41, 5.74) is 14.2. The summed E-state index contributed by atoms with van der Waals surface area (Å²) >= 11 is 6.16. The van der Waals surface area contributed by atoms with Gasteiger partial charge in [-0.15, -0.1) is 0 Å². The van der Waals surface area contributed by atoms with E-state index in [4.69, 9.17) is 22.1 Å². The summed E-state index contributed by atoms with van der Waals surface area (Å²) in [6.07, 6.45) is 0. The number of carbonyl (C=O) groups excluding carboxylic acids is 1. The van der Waals surface area contributed by atoms with Crippen LogP contribution in [-0.4, -0.2) is 22.1 Å². The van der Waals surface area contributed by atoms with Gasteiger partial charge in [-0.2, -0.15) is 0 Å². The lowest BCUT2D eigenvalue weighted by molar-refractivity contribution is 0.0695. The molecule has 2 atom stereocenters. The van der Waals surface area contributed by atoms with Gasteiger partial charge >= 0.3 is 5.97 Å². The van der Waals surface area contributed by atoms with Gasteiger partial charge in [0, 0.05) is 33.5 Å². The largest absolute Gasteiger partial charge is 0.508 e. The molecule has 1 aliphatic rings. The molecule has 0 spiro atoms. The highest BCUT2D eigenvalue weighted by Gasteiger charge is 2.31. The zero-order valence-corrected chi connectivity index (χ0v) is 27.7. The number of hydrogen-bond donors (Lipinski definition) is 3. The molecule has 0 aromatic heterocycles. The molecule has 1 heterocycles. The van der Waals surface area contributed by atoms with E-state index in [2.05, 4.69) is 0 Å². The number of fused-ring (bicyclic) bond motifs is 2. The molecular weight excluding hydrogens is 634 g/mol. The van der Waals surface area contributed by atoms with Gasteiger partial charge in [-0.1, -0.05) is 108 Å². The van der Waals surface area contributed by atoms with Crippen molar-refractivity contribution in [1.29, 1.82) is 0 Å². The number of hydrogen-bond acceptors (Lipinski definition) is 4. The van der Waals surface area contributed by atoms with Gasteiger partial charge in [0.2, 0.25) is 5.91 Å². The second-order valence-electron chi connectivity index (χ2n) is 12.0. The number of rotatable bonds is 6. The lowest BCUT2D eigenvalue weighted by Gasteiger charge is -2.30. The van der Waals surface area contributed by atoms with Crippen LogP contribution in [0.2, 0.25) is 5.02 Å². The van der Waals surface area contributed by atoms with Crippen molar-refractivity contribution < 1.29 is 24.5 Å². The van der Waals surface area contributed by atoms with E-state index in [-0.39, 0.29) is 23.1 Å². The third-order valence-corrected chi connectivity index (χ3v) is 8.90. The van der Waals surface area contributed by atoms with E-state index in [9.17, 15) is 19.8 Å². The van der Waals surface area contributed by atoms with Gasteiger partial charge in [0.1, 0.15) is 17.2 Å². The SMILES string of the molecule is Cc1ccc(C(c2ccc(O)cc2)c2ccccc2C(=O)O)cc1.Cc1ccc2c(c1)Oc1cc(Cl)ccc1C2c1ccccc1C(N)=O. The normalized spacial score (nSPS) is 13.5. The summed E-state index contributed by atoms with van der Waals surface area (Å²) in [7, 11) is 0. The standard InChI is InChI=1S/C21H16ClNO2.C21H18O3/c1-12-6-8-16-18(10-12)25-19-11-13(22)7-9-17(19)20(16)14-4-2-3-5-15(14)21(23)24;1-14-6-8-15(9-7-14)20(16-10-12-17(22)13-11-16)18-4-2-3-5-19(18)21(23)24/h2-11,20H,1H3,(H2,23,24);2-13,20,22H,1H3,(H,23,24). The van der Waals surface area contributed by atoms with Crippen LogP contribution >= 0.6 is 11.6 Å². The molecule has 6 aromatic rings. The zero-order chi connectivity index (χ0) is 34.7. The number of nitrogens with two attached hydrogens (primary N) is 1.